The Morgan fingerprint density at radius 1 is 1.11 bits per heavy atom. The molecule has 7 heteroatoms. The minimum Gasteiger partial charge on any atom is -0.493 e. The number of rotatable bonds is 5. The number of H-pyrrole nitrogens is 1. The van der Waals surface area contributed by atoms with Crippen LogP contribution in [0.3, 0.4) is 0 Å². The average molecular weight is 367 g/mol. The number of ether oxygens (including phenoxy) is 2. The first-order valence-electron chi connectivity index (χ1n) is 8.48. The van der Waals surface area contributed by atoms with Crippen LogP contribution in [0.2, 0.25) is 0 Å². The number of nitrogens with one attached hydrogen (secondary N) is 1. The molecule has 0 bridgehead atoms. The average Bonchev–Trinajstić information content (AvgIpc) is 3.06. The summed E-state index contributed by atoms with van der Waals surface area (Å²) in [4.78, 5) is 20.5. The van der Waals surface area contributed by atoms with Crippen molar-refractivity contribution in [3.8, 4) is 11.5 Å². The molecule has 0 aliphatic rings. The Morgan fingerprint density at radius 2 is 1.81 bits per heavy atom. The third-order valence-corrected chi connectivity index (χ3v) is 4.63. The Morgan fingerprint density at radius 3 is 2.52 bits per heavy atom. The zero-order valence-corrected chi connectivity index (χ0v) is 15.0. The first kappa shape index (κ1) is 17.1. The lowest BCUT2D eigenvalue weighted by Gasteiger charge is -2.07. The standard InChI is InChI=1S/C20H18FN3O3/c1-26-16-9-14-15(10-17(16)27-2)23-19-18(14)22-11-24(20(19)25)8-7-12-3-5-13(21)6-4-12/h3-6,9-11,23H,7-8H2,1-2H3. The molecule has 2 aromatic heterocycles. The van der Waals surface area contributed by atoms with Crippen molar-refractivity contribution in [3.05, 3.63) is 64.5 Å². The van der Waals surface area contributed by atoms with E-state index in [-0.39, 0.29) is 11.4 Å². The van der Waals surface area contributed by atoms with Gasteiger partial charge in [-0.3, -0.25) is 9.36 Å². The van der Waals surface area contributed by atoms with Crippen molar-refractivity contribution >= 4 is 21.9 Å². The zero-order valence-electron chi connectivity index (χ0n) is 15.0. The molecule has 0 fully saturated rings. The Balaban J connectivity index is 1.74. The highest BCUT2D eigenvalue weighted by molar-refractivity contribution is 6.05. The van der Waals surface area contributed by atoms with E-state index in [0.29, 0.717) is 35.5 Å². The van der Waals surface area contributed by atoms with Crippen LogP contribution in [0, 0.1) is 5.82 Å². The van der Waals surface area contributed by atoms with Crippen molar-refractivity contribution in [2.24, 2.45) is 0 Å². The van der Waals surface area contributed by atoms with Gasteiger partial charge >= 0.3 is 0 Å². The molecule has 0 atom stereocenters. The van der Waals surface area contributed by atoms with Gasteiger partial charge in [0.2, 0.25) is 0 Å². The first-order chi connectivity index (χ1) is 13.1. The lowest BCUT2D eigenvalue weighted by atomic mass is 10.1. The number of hydrogen-bond donors (Lipinski definition) is 1. The highest BCUT2D eigenvalue weighted by atomic mass is 19.1. The van der Waals surface area contributed by atoms with Gasteiger partial charge in [-0.05, 0) is 30.2 Å². The summed E-state index contributed by atoms with van der Waals surface area (Å²) in [7, 11) is 3.13. The normalized spacial score (nSPS) is 11.2. The SMILES string of the molecule is COc1cc2[nH]c3c(=O)n(CCc4ccc(F)cc4)cnc3c2cc1OC. The smallest absolute Gasteiger partial charge is 0.277 e. The Hall–Kier alpha value is -3.35. The zero-order chi connectivity index (χ0) is 19.0. The quantitative estimate of drug-likeness (QED) is 0.588. The molecule has 0 aliphatic heterocycles. The number of benzene rings is 2. The van der Waals surface area contributed by atoms with Gasteiger partial charge < -0.3 is 14.5 Å². The van der Waals surface area contributed by atoms with Gasteiger partial charge in [-0.2, -0.15) is 0 Å². The van der Waals surface area contributed by atoms with Crippen LogP contribution in [-0.4, -0.2) is 28.8 Å². The number of aromatic amines is 1. The molecule has 0 spiro atoms. The van der Waals surface area contributed by atoms with Crippen molar-refractivity contribution in [3.63, 3.8) is 0 Å². The van der Waals surface area contributed by atoms with E-state index in [2.05, 4.69) is 9.97 Å². The van der Waals surface area contributed by atoms with Gasteiger partial charge in [0, 0.05) is 18.0 Å². The van der Waals surface area contributed by atoms with E-state index in [4.69, 9.17) is 9.47 Å². The predicted octanol–water partition coefficient (Wildman–Crippen LogP) is 3.28. The minimum atomic E-state index is -0.275. The molecule has 0 amide bonds. The maximum atomic E-state index is 13.0. The van der Waals surface area contributed by atoms with Crippen molar-refractivity contribution in [2.75, 3.05) is 14.2 Å². The summed E-state index contributed by atoms with van der Waals surface area (Å²) in [5.41, 5.74) is 2.57. The third kappa shape index (κ3) is 3.01. The van der Waals surface area contributed by atoms with Crippen LogP contribution in [-0.2, 0) is 13.0 Å². The number of fused-ring (bicyclic) bond motifs is 3. The molecule has 0 radical (unpaired) electrons. The van der Waals surface area contributed by atoms with E-state index in [1.54, 1.807) is 37.0 Å². The van der Waals surface area contributed by atoms with Gasteiger partial charge in [0.15, 0.2) is 11.5 Å². The summed E-state index contributed by atoms with van der Waals surface area (Å²) in [6, 6.07) is 9.86. The van der Waals surface area contributed by atoms with E-state index < -0.39 is 0 Å². The maximum absolute atomic E-state index is 13.0. The summed E-state index contributed by atoms with van der Waals surface area (Å²) in [6.07, 6.45) is 2.15. The van der Waals surface area contributed by atoms with Crippen LogP contribution in [0.4, 0.5) is 4.39 Å². The second-order valence-corrected chi connectivity index (χ2v) is 6.22. The van der Waals surface area contributed by atoms with Gasteiger partial charge in [-0.1, -0.05) is 12.1 Å². The molecule has 4 rings (SSSR count). The van der Waals surface area contributed by atoms with Crippen LogP contribution in [0.15, 0.2) is 47.5 Å². The van der Waals surface area contributed by atoms with Crippen LogP contribution in [0.25, 0.3) is 21.9 Å². The Bertz CT molecular complexity index is 1180. The first-order valence-corrected chi connectivity index (χ1v) is 8.48. The molecule has 2 aromatic carbocycles. The van der Waals surface area contributed by atoms with Gasteiger partial charge in [0.1, 0.15) is 16.9 Å². The lowest BCUT2D eigenvalue weighted by molar-refractivity contribution is 0.356. The maximum Gasteiger partial charge on any atom is 0.277 e. The Labute approximate surface area is 154 Å². The van der Waals surface area contributed by atoms with Gasteiger partial charge in [0.05, 0.1) is 26.1 Å². The molecule has 0 aliphatic carbocycles. The molecule has 4 aromatic rings. The predicted molar refractivity (Wildman–Crippen MR) is 101 cm³/mol. The molecule has 0 unspecified atom stereocenters. The molecular formula is C20H18FN3O3. The van der Waals surface area contributed by atoms with E-state index in [0.717, 1.165) is 16.5 Å². The summed E-state index contributed by atoms with van der Waals surface area (Å²) >= 11 is 0. The third-order valence-electron chi connectivity index (χ3n) is 4.63. The topological polar surface area (TPSA) is 69.1 Å². The fraction of sp³-hybridized carbons (Fsp3) is 0.200. The minimum absolute atomic E-state index is 0.156. The molecule has 2 heterocycles. The highest BCUT2D eigenvalue weighted by Crippen LogP contribution is 2.34. The molecule has 0 saturated heterocycles. The molecule has 0 saturated carbocycles. The monoisotopic (exact) mass is 367 g/mol. The molecule has 27 heavy (non-hydrogen) atoms. The van der Waals surface area contributed by atoms with Gasteiger partial charge in [-0.25, -0.2) is 9.37 Å². The number of hydrogen-bond acceptors (Lipinski definition) is 4. The number of nitrogens with zero attached hydrogens (tertiary/aromatic N) is 2. The molecule has 138 valence electrons. The second-order valence-electron chi connectivity index (χ2n) is 6.22. The van der Waals surface area contributed by atoms with Crippen molar-refractivity contribution in [1.82, 2.24) is 14.5 Å². The van der Waals surface area contributed by atoms with E-state index >= 15 is 0 Å². The second kappa shape index (κ2) is 6.75. The Kier molecular flexibility index (Phi) is 4.27. The summed E-state index contributed by atoms with van der Waals surface area (Å²) in [6.45, 7) is 0.454. The van der Waals surface area contributed by atoms with Crippen molar-refractivity contribution in [2.45, 2.75) is 13.0 Å². The van der Waals surface area contributed by atoms with Crippen LogP contribution >= 0.6 is 0 Å². The fourth-order valence-corrected chi connectivity index (χ4v) is 3.18. The van der Waals surface area contributed by atoms with Crippen LogP contribution in [0.1, 0.15) is 5.56 Å². The van der Waals surface area contributed by atoms with Crippen LogP contribution in [0.5, 0.6) is 11.5 Å². The fourth-order valence-electron chi connectivity index (χ4n) is 3.18. The van der Waals surface area contributed by atoms with Crippen molar-refractivity contribution < 1.29 is 13.9 Å². The van der Waals surface area contributed by atoms with Gasteiger partial charge in [0.25, 0.3) is 5.56 Å². The molecule has 1 N–H and O–H groups in total. The number of aryl methyl sites for hydroxylation is 2. The number of aromatic nitrogens is 3. The summed E-state index contributed by atoms with van der Waals surface area (Å²) in [5, 5.41) is 0.797. The van der Waals surface area contributed by atoms with Crippen molar-refractivity contribution in [1.29, 1.82) is 0 Å². The van der Waals surface area contributed by atoms with E-state index in [1.807, 2.05) is 6.07 Å². The van der Waals surface area contributed by atoms with E-state index in [9.17, 15) is 9.18 Å². The molecular weight excluding hydrogens is 349 g/mol. The summed E-state index contributed by atoms with van der Waals surface area (Å²) < 4.78 is 25.2. The largest absolute Gasteiger partial charge is 0.493 e. The summed E-state index contributed by atoms with van der Waals surface area (Å²) in [5.74, 6) is 0.879. The van der Waals surface area contributed by atoms with E-state index in [1.165, 1.54) is 18.5 Å². The van der Waals surface area contributed by atoms with Crippen LogP contribution < -0.4 is 15.0 Å². The number of halogens is 1. The number of methoxy groups -OCH3 is 2. The van der Waals surface area contributed by atoms with Gasteiger partial charge in [-0.15, -0.1) is 0 Å². The molecule has 6 nitrogen and oxygen atoms in total. The lowest BCUT2D eigenvalue weighted by Crippen LogP contribution is -2.21. The highest BCUT2D eigenvalue weighted by Gasteiger charge is 2.14.